The zero-order valence-corrected chi connectivity index (χ0v) is 15.4. The van der Waals surface area contributed by atoms with Crippen molar-refractivity contribution in [3.63, 3.8) is 0 Å². The van der Waals surface area contributed by atoms with E-state index in [1.165, 1.54) is 12.4 Å². The number of nitrogens with zero attached hydrogens (tertiary/aromatic N) is 2. The number of para-hydroxylation sites is 1. The molecule has 4 rings (SSSR count). The van der Waals surface area contributed by atoms with Crippen LogP contribution in [0.2, 0.25) is 0 Å². The zero-order valence-electron chi connectivity index (χ0n) is 15.4. The Labute approximate surface area is 162 Å². The van der Waals surface area contributed by atoms with Crippen LogP contribution in [0.5, 0.6) is 0 Å². The van der Waals surface area contributed by atoms with E-state index in [4.69, 9.17) is 4.98 Å². The third kappa shape index (κ3) is 3.55. The second kappa shape index (κ2) is 7.48. The van der Waals surface area contributed by atoms with Crippen LogP contribution in [-0.4, -0.2) is 10.9 Å². The molecule has 1 atom stereocenters. The molecule has 138 valence electrons. The van der Waals surface area contributed by atoms with E-state index in [1.807, 2.05) is 67.6 Å². The Morgan fingerprint density at radius 1 is 1.00 bits per heavy atom. The molecule has 2 aromatic carbocycles. The van der Waals surface area contributed by atoms with Gasteiger partial charge < -0.3 is 10.5 Å². The molecular weight excluding hydrogens is 350 g/mol. The summed E-state index contributed by atoms with van der Waals surface area (Å²) >= 11 is 0. The summed E-state index contributed by atoms with van der Waals surface area (Å²) < 4.78 is 0.723. The van der Waals surface area contributed by atoms with Crippen LogP contribution in [0.4, 0.5) is 0 Å². The summed E-state index contributed by atoms with van der Waals surface area (Å²) in [5.74, 6) is -0.179. The molecule has 1 amide bonds. The van der Waals surface area contributed by atoms with Crippen molar-refractivity contribution in [2.24, 2.45) is 0 Å². The average Bonchev–Trinajstić information content (AvgIpc) is 2.74. The number of rotatable bonds is 4. The number of nitrogens with one attached hydrogen (secondary N) is 1. The summed E-state index contributed by atoms with van der Waals surface area (Å²) in [7, 11) is 0. The Morgan fingerprint density at radius 3 is 2.43 bits per heavy atom. The quantitative estimate of drug-likeness (QED) is 0.436. The molecule has 5 nitrogen and oxygen atoms in total. The van der Waals surface area contributed by atoms with Crippen molar-refractivity contribution >= 4 is 16.8 Å². The van der Waals surface area contributed by atoms with Gasteiger partial charge in [0.15, 0.2) is 12.4 Å². The number of hydrogen-bond donors (Lipinski definition) is 1. The van der Waals surface area contributed by atoms with Crippen LogP contribution in [0.25, 0.3) is 22.2 Å². The lowest BCUT2D eigenvalue weighted by molar-refractivity contribution is -0.605. The molecular formula is C23H19N3O2. The van der Waals surface area contributed by atoms with Crippen molar-refractivity contribution in [3.05, 3.63) is 102 Å². The molecule has 0 aliphatic heterocycles. The molecule has 0 saturated carbocycles. The Kier molecular flexibility index (Phi) is 4.72. The highest BCUT2D eigenvalue weighted by atomic mass is 16.5. The van der Waals surface area contributed by atoms with Crippen molar-refractivity contribution in [1.29, 1.82) is 0 Å². The van der Waals surface area contributed by atoms with Crippen molar-refractivity contribution in [3.8, 4) is 11.3 Å². The SMILES string of the molecule is CC(NC(=O)c1cc(-c2ccccc2)nc2ccccc12)c1cc[n+]([O-])cc1. The maximum atomic E-state index is 13.1. The fourth-order valence-corrected chi connectivity index (χ4v) is 3.19. The van der Waals surface area contributed by atoms with E-state index in [0.29, 0.717) is 5.56 Å². The highest BCUT2D eigenvalue weighted by Crippen LogP contribution is 2.25. The molecule has 2 heterocycles. The second-order valence-corrected chi connectivity index (χ2v) is 6.62. The van der Waals surface area contributed by atoms with E-state index < -0.39 is 0 Å². The number of amides is 1. The predicted molar refractivity (Wildman–Crippen MR) is 108 cm³/mol. The van der Waals surface area contributed by atoms with E-state index in [2.05, 4.69) is 5.32 Å². The molecule has 4 aromatic rings. The normalized spacial score (nSPS) is 11.9. The first-order chi connectivity index (χ1) is 13.6. The lowest BCUT2D eigenvalue weighted by atomic mass is 10.0. The summed E-state index contributed by atoms with van der Waals surface area (Å²) in [6.07, 6.45) is 2.85. The van der Waals surface area contributed by atoms with Crippen LogP contribution < -0.4 is 10.0 Å². The Bertz CT molecular complexity index is 1130. The van der Waals surface area contributed by atoms with Crippen LogP contribution in [0.1, 0.15) is 28.9 Å². The average molecular weight is 369 g/mol. The van der Waals surface area contributed by atoms with E-state index in [9.17, 15) is 10.0 Å². The molecule has 28 heavy (non-hydrogen) atoms. The standard InChI is InChI=1S/C23H19N3O2/c1-16(17-11-13-26(28)14-12-17)24-23(27)20-15-22(18-7-3-2-4-8-18)25-21-10-6-5-9-19(20)21/h2-16H,1H3,(H,24,27). The Balaban J connectivity index is 1.72. The van der Waals surface area contributed by atoms with Gasteiger partial charge in [0.2, 0.25) is 0 Å². The monoisotopic (exact) mass is 369 g/mol. The first kappa shape index (κ1) is 17.7. The third-order valence-corrected chi connectivity index (χ3v) is 4.71. The van der Waals surface area contributed by atoms with Gasteiger partial charge in [0.1, 0.15) is 0 Å². The third-order valence-electron chi connectivity index (χ3n) is 4.71. The van der Waals surface area contributed by atoms with Gasteiger partial charge in [-0.15, -0.1) is 0 Å². The van der Waals surface area contributed by atoms with Crippen LogP contribution in [0, 0.1) is 5.21 Å². The number of benzene rings is 2. The number of aromatic nitrogens is 2. The van der Waals surface area contributed by atoms with Gasteiger partial charge in [-0.2, -0.15) is 4.73 Å². The van der Waals surface area contributed by atoms with E-state index in [-0.39, 0.29) is 11.9 Å². The highest BCUT2D eigenvalue weighted by molar-refractivity contribution is 6.07. The summed E-state index contributed by atoms with van der Waals surface area (Å²) in [5.41, 5.74) is 3.92. The van der Waals surface area contributed by atoms with E-state index in [1.54, 1.807) is 12.1 Å². The fraction of sp³-hybridized carbons (Fsp3) is 0.0870. The molecule has 0 fully saturated rings. The largest absolute Gasteiger partial charge is 0.619 e. The summed E-state index contributed by atoms with van der Waals surface area (Å²) in [4.78, 5) is 17.8. The van der Waals surface area contributed by atoms with Crippen LogP contribution >= 0.6 is 0 Å². The van der Waals surface area contributed by atoms with Crippen molar-refractivity contribution in [1.82, 2.24) is 10.3 Å². The smallest absolute Gasteiger partial charge is 0.252 e. The molecule has 0 radical (unpaired) electrons. The molecule has 1 unspecified atom stereocenters. The van der Waals surface area contributed by atoms with Gasteiger partial charge in [-0.05, 0) is 24.6 Å². The Hall–Kier alpha value is -3.73. The summed E-state index contributed by atoms with van der Waals surface area (Å²) in [6, 6.07) is 22.4. The fourth-order valence-electron chi connectivity index (χ4n) is 3.19. The number of fused-ring (bicyclic) bond motifs is 1. The van der Waals surface area contributed by atoms with Gasteiger partial charge in [-0.1, -0.05) is 48.5 Å². The molecule has 2 aromatic heterocycles. The van der Waals surface area contributed by atoms with E-state index >= 15 is 0 Å². The lowest BCUT2D eigenvalue weighted by Crippen LogP contribution is -2.29. The number of hydrogen-bond acceptors (Lipinski definition) is 3. The minimum atomic E-state index is -0.235. The maximum Gasteiger partial charge on any atom is 0.252 e. The van der Waals surface area contributed by atoms with Gasteiger partial charge in [-0.3, -0.25) is 4.79 Å². The van der Waals surface area contributed by atoms with Gasteiger partial charge in [0.05, 0.1) is 22.8 Å². The van der Waals surface area contributed by atoms with Crippen LogP contribution in [0.15, 0.2) is 85.2 Å². The first-order valence-electron chi connectivity index (χ1n) is 9.06. The van der Waals surface area contributed by atoms with Crippen LogP contribution in [-0.2, 0) is 0 Å². The van der Waals surface area contributed by atoms with Crippen LogP contribution in [0.3, 0.4) is 0 Å². The zero-order chi connectivity index (χ0) is 19.5. The predicted octanol–water partition coefficient (Wildman–Crippen LogP) is 4.03. The molecule has 0 aliphatic rings. The Morgan fingerprint density at radius 2 is 1.68 bits per heavy atom. The number of carbonyl (C=O) groups excluding carboxylic acids is 1. The van der Waals surface area contributed by atoms with E-state index in [0.717, 1.165) is 32.5 Å². The van der Waals surface area contributed by atoms with Crippen molar-refractivity contribution in [2.45, 2.75) is 13.0 Å². The molecule has 5 heteroatoms. The minimum absolute atomic E-state index is 0.179. The van der Waals surface area contributed by atoms with Gasteiger partial charge >= 0.3 is 0 Å². The lowest BCUT2D eigenvalue weighted by Gasteiger charge is -2.16. The van der Waals surface area contributed by atoms with Gasteiger partial charge in [0, 0.05) is 23.1 Å². The number of pyridine rings is 2. The molecule has 0 spiro atoms. The van der Waals surface area contributed by atoms with Gasteiger partial charge in [0.25, 0.3) is 5.91 Å². The molecule has 0 saturated heterocycles. The minimum Gasteiger partial charge on any atom is -0.619 e. The molecule has 1 N–H and O–H groups in total. The highest BCUT2D eigenvalue weighted by Gasteiger charge is 2.17. The second-order valence-electron chi connectivity index (χ2n) is 6.62. The topological polar surface area (TPSA) is 68.9 Å². The van der Waals surface area contributed by atoms with Gasteiger partial charge in [-0.25, -0.2) is 4.98 Å². The molecule has 0 bridgehead atoms. The first-order valence-corrected chi connectivity index (χ1v) is 9.06. The summed E-state index contributed by atoms with van der Waals surface area (Å²) in [6.45, 7) is 1.89. The molecule has 0 aliphatic carbocycles. The maximum absolute atomic E-state index is 13.1. The van der Waals surface area contributed by atoms with Crippen molar-refractivity contribution < 1.29 is 9.52 Å². The number of carbonyl (C=O) groups is 1. The van der Waals surface area contributed by atoms with Crippen molar-refractivity contribution in [2.75, 3.05) is 0 Å². The summed E-state index contributed by atoms with van der Waals surface area (Å²) in [5, 5.41) is 15.1.